The molecule has 120 valence electrons. The smallest absolute Gasteiger partial charge is 0.268 e. The second kappa shape index (κ2) is 6.93. The molecule has 2 heterocycles. The lowest BCUT2D eigenvalue weighted by molar-refractivity contribution is 0.230. The minimum Gasteiger partial charge on any atom is -0.492 e. The first-order chi connectivity index (χ1) is 11.1. The maximum atomic E-state index is 11.9. The summed E-state index contributed by atoms with van der Waals surface area (Å²) in [6.45, 7) is 3.97. The van der Waals surface area contributed by atoms with Crippen molar-refractivity contribution in [2.45, 2.75) is 13.5 Å². The SMILES string of the molecule is Cc1ccc(OCCN(C)Cc2nc3ccsc3c(=O)[nH]2)cc1. The van der Waals surface area contributed by atoms with Crippen LogP contribution in [0.3, 0.4) is 0 Å². The Bertz CT molecular complexity index is 839. The molecule has 0 aliphatic carbocycles. The van der Waals surface area contributed by atoms with Crippen LogP contribution in [-0.4, -0.2) is 35.1 Å². The summed E-state index contributed by atoms with van der Waals surface area (Å²) in [4.78, 5) is 21.3. The standard InChI is InChI=1S/C17H19N3O2S/c1-12-3-5-13(6-4-12)22-9-8-20(2)11-15-18-14-7-10-23-16(14)17(21)19-15/h3-7,10H,8-9,11H2,1-2H3,(H,18,19,21). The number of fused-ring (bicyclic) bond motifs is 1. The number of nitrogens with one attached hydrogen (secondary N) is 1. The van der Waals surface area contributed by atoms with Gasteiger partial charge in [-0.25, -0.2) is 4.98 Å². The van der Waals surface area contributed by atoms with Crippen LogP contribution in [0.1, 0.15) is 11.4 Å². The minimum atomic E-state index is -0.0655. The van der Waals surface area contributed by atoms with E-state index in [1.807, 2.05) is 42.8 Å². The summed E-state index contributed by atoms with van der Waals surface area (Å²) in [5.74, 6) is 1.55. The van der Waals surface area contributed by atoms with Gasteiger partial charge >= 0.3 is 0 Å². The van der Waals surface area contributed by atoms with E-state index in [1.54, 1.807) is 0 Å². The van der Waals surface area contributed by atoms with Gasteiger partial charge in [0.2, 0.25) is 0 Å². The van der Waals surface area contributed by atoms with Crippen molar-refractivity contribution in [1.29, 1.82) is 0 Å². The Labute approximate surface area is 138 Å². The average Bonchev–Trinajstić information content (AvgIpc) is 2.98. The molecular formula is C17H19N3O2S. The quantitative estimate of drug-likeness (QED) is 0.755. The number of rotatable bonds is 6. The predicted molar refractivity (Wildman–Crippen MR) is 93.2 cm³/mol. The Morgan fingerprint density at radius 2 is 2.04 bits per heavy atom. The van der Waals surface area contributed by atoms with Crippen LogP contribution in [0.5, 0.6) is 5.75 Å². The number of H-pyrrole nitrogens is 1. The van der Waals surface area contributed by atoms with Gasteiger partial charge in [0.05, 0.1) is 12.1 Å². The number of thiophene rings is 1. The maximum absolute atomic E-state index is 11.9. The third kappa shape index (κ3) is 3.97. The predicted octanol–water partition coefficient (Wildman–Crippen LogP) is 2.80. The van der Waals surface area contributed by atoms with Gasteiger partial charge in [0, 0.05) is 6.54 Å². The number of aryl methyl sites for hydroxylation is 1. The highest BCUT2D eigenvalue weighted by atomic mass is 32.1. The second-order valence-corrected chi connectivity index (χ2v) is 6.46. The molecule has 0 fully saturated rings. The van der Waals surface area contributed by atoms with Crippen molar-refractivity contribution in [3.63, 3.8) is 0 Å². The van der Waals surface area contributed by atoms with E-state index in [1.165, 1.54) is 16.9 Å². The van der Waals surface area contributed by atoms with Gasteiger partial charge < -0.3 is 9.72 Å². The molecule has 3 rings (SSSR count). The van der Waals surface area contributed by atoms with Crippen LogP contribution >= 0.6 is 11.3 Å². The van der Waals surface area contributed by atoms with Crippen molar-refractivity contribution in [1.82, 2.24) is 14.9 Å². The van der Waals surface area contributed by atoms with Crippen LogP contribution < -0.4 is 10.3 Å². The van der Waals surface area contributed by atoms with Crippen LogP contribution in [0.25, 0.3) is 10.2 Å². The van der Waals surface area contributed by atoms with Crippen LogP contribution in [0, 0.1) is 6.92 Å². The highest BCUT2D eigenvalue weighted by Crippen LogP contribution is 2.14. The Morgan fingerprint density at radius 1 is 1.26 bits per heavy atom. The summed E-state index contributed by atoms with van der Waals surface area (Å²) in [6.07, 6.45) is 0. The molecule has 0 bridgehead atoms. The summed E-state index contributed by atoms with van der Waals surface area (Å²) >= 11 is 1.41. The molecule has 2 aromatic heterocycles. The zero-order chi connectivity index (χ0) is 16.2. The van der Waals surface area contributed by atoms with Crippen molar-refractivity contribution < 1.29 is 4.74 Å². The molecule has 1 aromatic carbocycles. The van der Waals surface area contributed by atoms with Gasteiger partial charge in [-0.1, -0.05) is 17.7 Å². The number of hydrogen-bond donors (Lipinski definition) is 1. The maximum Gasteiger partial charge on any atom is 0.268 e. The summed E-state index contributed by atoms with van der Waals surface area (Å²) in [7, 11) is 1.98. The van der Waals surface area contributed by atoms with E-state index >= 15 is 0 Å². The molecule has 1 N–H and O–H groups in total. The molecule has 0 aliphatic rings. The molecule has 0 saturated heterocycles. The molecule has 0 saturated carbocycles. The van der Waals surface area contributed by atoms with Crippen LogP contribution in [-0.2, 0) is 6.54 Å². The van der Waals surface area contributed by atoms with E-state index in [9.17, 15) is 4.79 Å². The van der Waals surface area contributed by atoms with Gasteiger partial charge in [-0.05, 0) is 37.6 Å². The third-order valence-electron chi connectivity index (χ3n) is 3.55. The summed E-state index contributed by atoms with van der Waals surface area (Å²) in [5.41, 5.74) is 1.91. The number of nitrogens with zero attached hydrogens (tertiary/aromatic N) is 2. The lowest BCUT2D eigenvalue weighted by Crippen LogP contribution is -2.26. The highest BCUT2D eigenvalue weighted by molar-refractivity contribution is 7.17. The highest BCUT2D eigenvalue weighted by Gasteiger charge is 2.07. The van der Waals surface area contributed by atoms with E-state index in [0.29, 0.717) is 23.7 Å². The van der Waals surface area contributed by atoms with Gasteiger partial charge in [0.25, 0.3) is 5.56 Å². The minimum absolute atomic E-state index is 0.0655. The lowest BCUT2D eigenvalue weighted by Gasteiger charge is -2.16. The Kier molecular flexibility index (Phi) is 4.73. The second-order valence-electron chi connectivity index (χ2n) is 5.55. The van der Waals surface area contributed by atoms with Crippen molar-refractivity contribution >= 4 is 21.6 Å². The number of hydrogen-bond acceptors (Lipinski definition) is 5. The van der Waals surface area contributed by atoms with Crippen molar-refractivity contribution in [2.24, 2.45) is 0 Å². The number of aromatic nitrogens is 2. The first-order valence-electron chi connectivity index (χ1n) is 7.46. The molecular weight excluding hydrogens is 310 g/mol. The Morgan fingerprint density at radius 3 is 2.83 bits per heavy atom. The normalized spacial score (nSPS) is 11.3. The molecule has 0 aliphatic heterocycles. The monoisotopic (exact) mass is 329 g/mol. The van der Waals surface area contributed by atoms with Gasteiger partial charge in [0.1, 0.15) is 22.9 Å². The number of benzene rings is 1. The largest absolute Gasteiger partial charge is 0.492 e. The lowest BCUT2D eigenvalue weighted by atomic mass is 10.2. The van der Waals surface area contributed by atoms with E-state index in [0.717, 1.165) is 17.8 Å². The Balaban J connectivity index is 1.54. The zero-order valence-corrected chi connectivity index (χ0v) is 14.0. The van der Waals surface area contributed by atoms with Crippen LogP contribution in [0.4, 0.5) is 0 Å². The zero-order valence-electron chi connectivity index (χ0n) is 13.2. The van der Waals surface area contributed by atoms with Crippen LogP contribution in [0.2, 0.25) is 0 Å². The first-order valence-corrected chi connectivity index (χ1v) is 8.34. The van der Waals surface area contributed by atoms with E-state index in [-0.39, 0.29) is 5.56 Å². The van der Waals surface area contributed by atoms with Gasteiger partial charge in [-0.2, -0.15) is 0 Å². The van der Waals surface area contributed by atoms with Gasteiger partial charge in [-0.3, -0.25) is 9.69 Å². The van der Waals surface area contributed by atoms with Crippen molar-refractivity contribution in [3.8, 4) is 5.75 Å². The fourth-order valence-corrected chi connectivity index (χ4v) is 3.01. The molecule has 0 spiro atoms. The molecule has 0 radical (unpaired) electrons. The molecule has 0 amide bonds. The summed E-state index contributed by atoms with van der Waals surface area (Å²) in [6, 6.07) is 9.88. The molecule has 23 heavy (non-hydrogen) atoms. The van der Waals surface area contributed by atoms with Crippen LogP contribution in [0.15, 0.2) is 40.5 Å². The molecule has 0 unspecified atom stereocenters. The first kappa shape index (κ1) is 15.7. The van der Waals surface area contributed by atoms with E-state index in [2.05, 4.69) is 21.8 Å². The van der Waals surface area contributed by atoms with Gasteiger partial charge in [0.15, 0.2) is 0 Å². The van der Waals surface area contributed by atoms with Gasteiger partial charge in [-0.15, -0.1) is 11.3 Å². The van der Waals surface area contributed by atoms with Crippen molar-refractivity contribution in [3.05, 3.63) is 57.5 Å². The molecule has 3 aromatic rings. The average molecular weight is 329 g/mol. The fourth-order valence-electron chi connectivity index (χ4n) is 2.29. The van der Waals surface area contributed by atoms with Crippen molar-refractivity contribution in [2.75, 3.05) is 20.2 Å². The third-order valence-corrected chi connectivity index (χ3v) is 4.45. The van der Waals surface area contributed by atoms with E-state index < -0.39 is 0 Å². The number of ether oxygens (including phenoxy) is 1. The summed E-state index contributed by atoms with van der Waals surface area (Å²) in [5, 5.41) is 1.88. The molecule has 5 nitrogen and oxygen atoms in total. The fraction of sp³-hybridized carbons (Fsp3) is 0.294. The Hall–Kier alpha value is -2.18. The van der Waals surface area contributed by atoms with E-state index in [4.69, 9.17) is 4.74 Å². The molecule has 0 atom stereocenters. The number of likely N-dealkylation sites (N-methyl/N-ethyl adjacent to an activating group) is 1. The summed E-state index contributed by atoms with van der Waals surface area (Å²) < 4.78 is 6.40. The molecule has 6 heteroatoms. The number of aromatic amines is 1. The topological polar surface area (TPSA) is 58.2 Å².